The third-order valence-corrected chi connectivity index (χ3v) is 2.20. The zero-order chi connectivity index (χ0) is 14.4. The molecule has 0 saturated carbocycles. The minimum absolute atomic E-state index is 0.0853. The fourth-order valence-corrected chi connectivity index (χ4v) is 1.38. The van der Waals surface area contributed by atoms with Gasteiger partial charge in [0, 0.05) is 12.7 Å². The first-order valence-corrected chi connectivity index (χ1v) is 5.89. The molecule has 0 bridgehead atoms. The first kappa shape index (κ1) is 14.8. The summed E-state index contributed by atoms with van der Waals surface area (Å²) >= 11 is 0. The first-order valence-electron chi connectivity index (χ1n) is 5.89. The molecular formula is C13H18N2O4. The molecule has 104 valence electrons. The van der Waals surface area contributed by atoms with E-state index in [0.29, 0.717) is 11.4 Å². The smallest absolute Gasteiger partial charge is 0.323 e. The summed E-state index contributed by atoms with van der Waals surface area (Å²) in [6.07, 6.45) is 0.0853. The molecule has 19 heavy (non-hydrogen) atoms. The van der Waals surface area contributed by atoms with Gasteiger partial charge in [-0.1, -0.05) is 0 Å². The van der Waals surface area contributed by atoms with Crippen LogP contribution in [0.5, 0.6) is 5.75 Å². The van der Waals surface area contributed by atoms with Crippen LogP contribution in [0.15, 0.2) is 24.3 Å². The molecule has 6 nitrogen and oxygen atoms in total. The molecule has 0 aliphatic carbocycles. The van der Waals surface area contributed by atoms with Crippen molar-refractivity contribution in [2.45, 2.75) is 20.0 Å². The van der Waals surface area contributed by atoms with E-state index in [4.69, 9.17) is 9.84 Å². The van der Waals surface area contributed by atoms with Gasteiger partial charge in [-0.25, -0.2) is 4.79 Å². The Morgan fingerprint density at radius 1 is 1.32 bits per heavy atom. The van der Waals surface area contributed by atoms with Gasteiger partial charge in [-0.15, -0.1) is 0 Å². The van der Waals surface area contributed by atoms with Crippen LogP contribution < -0.4 is 10.1 Å². The Morgan fingerprint density at radius 2 is 1.89 bits per heavy atom. The van der Waals surface area contributed by atoms with Gasteiger partial charge in [-0.2, -0.15) is 0 Å². The number of hydrogen-bond donors (Lipinski definition) is 2. The normalized spacial score (nSPS) is 10.1. The Kier molecular flexibility index (Phi) is 5.17. The molecule has 0 heterocycles. The van der Waals surface area contributed by atoms with E-state index >= 15 is 0 Å². The number of benzene rings is 1. The topological polar surface area (TPSA) is 78.9 Å². The number of anilines is 1. The number of carboxylic acids is 1. The van der Waals surface area contributed by atoms with Crippen molar-refractivity contribution in [2.24, 2.45) is 0 Å². The molecule has 6 heteroatoms. The molecule has 0 saturated heterocycles. The lowest BCUT2D eigenvalue weighted by molar-refractivity contribution is -0.137. The van der Waals surface area contributed by atoms with Crippen molar-refractivity contribution in [1.82, 2.24) is 4.90 Å². The summed E-state index contributed by atoms with van der Waals surface area (Å²) in [5.41, 5.74) is 0.582. The molecule has 0 aliphatic heterocycles. The summed E-state index contributed by atoms with van der Waals surface area (Å²) in [7, 11) is 1.42. The van der Waals surface area contributed by atoms with Crippen LogP contribution in [0.2, 0.25) is 0 Å². The molecule has 0 radical (unpaired) electrons. The molecule has 0 unspecified atom stereocenters. The van der Waals surface area contributed by atoms with E-state index < -0.39 is 12.0 Å². The van der Waals surface area contributed by atoms with Crippen LogP contribution in [0.1, 0.15) is 13.8 Å². The second kappa shape index (κ2) is 6.63. The molecule has 0 fully saturated rings. The largest absolute Gasteiger partial charge is 0.491 e. The number of rotatable bonds is 5. The van der Waals surface area contributed by atoms with Crippen LogP contribution in [-0.2, 0) is 4.79 Å². The number of nitrogens with one attached hydrogen (secondary N) is 1. The summed E-state index contributed by atoms with van der Waals surface area (Å²) in [5, 5.41) is 11.2. The van der Waals surface area contributed by atoms with Crippen molar-refractivity contribution in [1.29, 1.82) is 0 Å². The lowest BCUT2D eigenvalue weighted by Crippen LogP contribution is -2.35. The number of aliphatic carboxylic acids is 1. The lowest BCUT2D eigenvalue weighted by atomic mass is 10.3. The maximum absolute atomic E-state index is 11.6. The van der Waals surface area contributed by atoms with Crippen LogP contribution in [0.3, 0.4) is 0 Å². The number of amides is 2. The zero-order valence-corrected chi connectivity index (χ0v) is 11.2. The highest BCUT2D eigenvalue weighted by molar-refractivity contribution is 5.91. The maximum Gasteiger partial charge on any atom is 0.323 e. The third-order valence-electron chi connectivity index (χ3n) is 2.20. The number of hydrogen-bond acceptors (Lipinski definition) is 3. The number of carbonyl (C=O) groups is 2. The van der Waals surface area contributed by atoms with E-state index in [-0.39, 0.29) is 12.6 Å². The Labute approximate surface area is 112 Å². The average Bonchev–Trinajstić information content (AvgIpc) is 2.30. The second-order valence-corrected chi connectivity index (χ2v) is 4.37. The van der Waals surface area contributed by atoms with Gasteiger partial charge in [-0.3, -0.25) is 4.79 Å². The number of carboxylic acid groups (broad SMARTS) is 1. The standard InChI is InChI=1S/C13H18N2O4/c1-9(2)19-11-6-4-10(5-7-11)14-13(18)15(3)8-12(16)17/h4-7,9H,8H2,1-3H3,(H,14,18)(H,16,17). The Hall–Kier alpha value is -2.24. The zero-order valence-electron chi connectivity index (χ0n) is 11.2. The lowest BCUT2D eigenvalue weighted by Gasteiger charge is -2.16. The highest BCUT2D eigenvalue weighted by Gasteiger charge is 2.11. The van der Waals surface area contributed by atoms with Crippen molar-refractivity contribution in [3.05, 3.63) is 24.3 Å². The Balaban J connectivity index is 2.57. The van der Waals surface area contributed by atoms with E-state index in [1.54, 1.807) is 24.3 Å². The summed E-state index contributed by atoms with van der Waals surface area (Å²) in [6.45, 7) is 3.51. The number of urea groups is 1. The number of likely N-dealkylation sites (N-methyl/N-ethyl adjacent to an activating group) is 1. The van der Waals surface area contributed by atoms with Gasteiger partial charge >= 0.3 is 12.0 Å². The molecule has 0 aliphatic rings. The molecule has 1 rings (SSSR count). The minimum Gasteiger partial charge on any atom is -0.491 e. The molecule has 0 spiro atoms. The molecule has 2 N–H and O–H groups in total. The van der Waals surface area contributed by atoms with E-state index in [1.807, 2.05) is 13.8 Å². The van der Waals surface area contributed by atoms with Crippen molar-refractivity contribution < 1.29 is 19.4 Å². The fraction of sp³-hybridized carbons (Fsp3) is 0.385. The van der Waals surface area contributed by atoms with Gasteiger partial charge in [0.2, 0.25) is 0 Å². The van der Waals surface area contributed by atoms with Crippen LogP contribution >= 0.6 is 0 Å². The van der Waals surface area contributed by atoms with Crippen molar-refractivity contribution in [3.63, 3.8) is 0 Å². The molecule has 1 aromatic rings. The Bertz CT molecular complexity index is 442. The molecular weight excluding hydrogens is 248 g/mol. The second-order valence-electron chi connectivity index (χ2n) is 4.37. The quantitative estimate of drug-likeness (QED) is 0.854. The summed E-state index contributed by atoms with van der Waals surface area (Å²) in [4.78, 5) is 23.2. The van der Waals surface area contributed by atoms with Crippen molar-refractivity contribution >= 4 is 17.7 Å². The molecule has 0 atom stereocenters. The van der Waals surface area contributed by atoms with E-state index in [1.165, 1.54) is 7.05 Å². The number of ether oxygens (including phenoxy) is 1. The van der Waals surface area contributed by atoms with Gasteiger partial charge in [0.15, 0.2) is 0 Å². The number of nitrogens with zero attached hydrogens (tertiary/aromatic N) is 1. The van der Waals surface area contributed by atoms with E-state index in [9.17, 15) is 9.59 Å². The summed E-state index contributed by atoms with van der Waals surface area (Å²) in [6, 6.07) is 6.41. The van der Waals surface area contributed by atoms with Crippen molar-refractivity contribution in [3.8, 4) is 5.75 Å². The highest BCUT2D eigenvalue weighted by atomic mass is 16.5. The van der Waals surface area contributed by atoms with Gasteiger partial charge in [0.25, 0.3) is 0 Å². The van der Waals surface area contributed by atoms with Crippen LogP contribution in [0.25, 0.3) is 0 Å². The van der Waals surface area contributed by atoms with Crippen molar-refractivity contribution in [2.75, 3.05) is 18.9 Å². The first-order chi connectivity index (χ1) is 8.88. The predicted molar refractivity (Wildman–Crippen MR) is 71.5 cm³/mol. The highest BCUT2D eigenvalue weighted by Crippen LogP contribution is 2.17. The SMILES string of the molecule is CC(C)Oc1ccc(NC(=O)N(C)CC(=O)O)cc1. The van der Waals surface area contributed by atoms with Gasteiger partial charge in [0.1, 0.15) is 12.3 Å². The molecule has 2 amide bonds. The summed E-state index contributed by atoms with van der Waals surface area (Å²) < 4.78 is 5.47. The van der Waals surface area contributed by atoms with Gasteiger partial charge < -0.3 is 20.1 Å². The van der Waals surface area contributed by atoms with Gasteiger partial charge in [-0.05, 0) is 38.1 Å². The van der Waals surface area contributed by atoms with E-state index in [0.717, 1.165) is 4.90 Å². The maximum atomic E-state index is 11.6. The number of carbonyl (C=O) groups excluding carboxylic acids is 1. The third kappa shape index (κ3) is 5.29. The van der Waals surface area contributed by atoms with Crippen LogP contribution in [0, 0.1) is 0 Å². The van der Waals surface area contributed by atoms with Crippen LogP contribution in [-0.4, -0.2) is 41.7 Å². The fourth-order valence-electron chi connectivity index (χ4n) is 1.38. The average molecular weight is 266 g/mol. The predicted octanol–water partition coefficient (Wildman–Crippen LogP) is 2.02. The van der Waals surface area contributed by atoms with Gasteiger partial charge in [0.05, 0.1) is 6.10 Å². The molecule has 0 aromatic heterocycles. The minimum atomic E-state index is -1.06. The monoisotopic (exact) mass is 266 g/mol. The molecule has 1 aromatic carbocycles. The van der Waals surface area contributed by atoms with E-state index in [2.05, 4.69) is 5.32 Å². The summed E-state index contributed by atoms with van der Waals surface area (Å²) in [5.74, 6) is -0.342. The Morgan fingerprint density at radius 3 is 2.37 bits per heavy atom. The van der Waals surface area contributed by atoms with Crippen LogP contribution in [0.4, 0.5) is 10.5 Å².